The maximum absolute atomic E-state index is 12.1. The number of nitrogens with one attached hydrogen (secondary N) is 1. The van der Waals surface area contributed by atoms with Crippen molar-refractivity contribution in [1.82, 2.24) is 5.32 Å². The van der Waals surface area contributed by atoms with Crippen LogP contribution in [0.15, 0.2) is 46.9 Å². The zero-order valence-electron chi connectivity index (χ0n) is 14.9. The van der Waals surface area contributed by atoms with Gasteiger partial charge in [0.05, 0.1) is 10.5 Å². The van der Waals surface area contributed by atoms with Crippen molar-refractivity contribution in [3.05, 3.63) is 63.1 Å². The van der Waals surface area contributed by atoms with Gasteiger partial charge in [0.2, 0.25) is 0 Å². The van der Waals surface area contributed by atoms with Gasteiger partial charge in [0.15, 0.2) is 6.61 Å². The van der Waals surface area contributed by atoms with E-state index in [9.17, 15) is 4.79 Å². The lowest BCUT2D eigenvalue weighted by molar-refractivity contribution is -0.123. The van der Waals surface area contributed by atoms with Crippen LogP contribution in [-0.4, -0.2) is 12.5 Å². The highest BCUT2D eigenvalue weighted by molar-refractivity contribution is 9.10. The summed E-state index contributed by atoms with van der Waals surface area (Å²) in [6, 6.07) is 13.4. The second kappa shape index (κ2) is 8.24. The van der Waals surface area contributed by atoms with Crippen LogP contribution in [0.5, 0.6) is 5.75 Å². The summed E-state index contributed by atoms with van der Waals surface area (Å²) in [5, 5.41) is 3.56. The molecule has 0 spiro atoms. The number of hydrogen-bond acceptors (Lipinski definition) is 2. The molecule has 5 heteroatoms. The Bertz CT molecular complexity index is 738. The first kappa shape index (κ1) is 19.8. The average Bonchev–Trinajstić information content (AvgIpc) is 2.53. The second-order valence-corrected chi connectivity index (χ2v) is 8.32. The Hall–Kier alpha value is -1.52. The lowest BCUT2D eigenvalue weighted by Gasteiger charge is -2.20. The Morgan fingerprint density at radius 3 is 2.40 bits per heavy atom. The van der Waals surface area contributed by atoms with Crippen LogP contribution < -0.4 is 10.1 Å². The Labute approximate surface area is 162 Å². The molecule has 2 rings (SSSR count). The molecule has 0 saturated carbocycles. The Morgan fingerprint density at radius 1 is 1.20 bits per heavy atom. The van der Waals surface area contributed by atoms with Crippen LogP contribution in [0.25, 0.3) is 0 Å². The normalized spacial score (nSPS) is 12.6. The second-order valence-electron chi connectivity index (χ2n) is 7.02. The van der Waals surface area contributed by atoms with Gasteiger partial charge >= 0.3 is 0 Å². The molecular formula is C20H23BrClNO2. The van der Waals surface area contributed by atoms with Gasteiger partial charge in [-0.3, -0.25) is 4.79 Å². The maximum Gasteiger partial charge on any atom is 0.258 e. The minimum absolute atomic E-state index is 0.0509. The van der Waals surface area contributed by atoms with Crippen molar-refractivity contribution in [2.75, 3.05) is 6.61 Å². The summed E-state index contributed by atoms with van der Waals surface area (Å²) in [5.74, 6) is 0.413. The number of carbonyl (C=O) groups excluding carboxylic acids is 1. The zero-order valence-corrected chi connectivity index (χ0v) is 17.2. The van der Waals surface area contributed by atoms with Crippen molar-refractivity contribution in [3.8, 4) is 5.75 Å². The van der Waals surface area contributed by atoms with Gasteiger partial charge in [0.1, 0.15) is 5.75 Å². The van der Waals surface area contributed by atoms with E-state index < -0.39 is 0 Å². The standard InChI is InChI=1S/C20H23BrClNO2/c1-13(14-5-7-15(8-6-14)20(2,3)4)23-19(24)12-25-18-10-9-16(22)11-17(18)21/h5-11,13H,12H2,1-4H3,(H,23,24)/t13-/m1/s1. The van der Waals surface area contributed by atoms with Crippen molar-refractivity contribution >= 4 is 33.4 Å². The summed E-state index contributed by atoms with van der Waals surface area (Å²) < 4.78 is 6.26. The van der Waals surface area contributed by atoms with E-state index in [0.29, 0.717) is 10.8 Å². The third kappa shape index (κ3) is 5.75. The Kier molecular flexibility index (Phi) is 6.53. The summed E-state index contributed by atoms with van der Waals surface area (Å²) in [7, 11) is 0. The van der Waals surface area contributed by atoms with Gasteiger partial charge in [0.25, 0.3) is 5.91 Å². The molecule has 0 bridgehead atoms. The zero-order chi connectivity index (χ0) is 18.6. The minimum atomic E-state index is -0.172. The lowest BCUT2D eigenvalue weighted by atomic mass is 9.86. The van der Waals surface area contributed by atoms with E-state index in [0.717, 1.165) is 10.0 Å². The van der Waals surface area contributed by atoms with E-state index in [1.807, 2.05) is 6.92 Å². The first-order valence-corrected chi connectivity index (χ1v) is 9.31. The van der Waals surface area contributed by atoms with Gasteiger partial charge in [-0.05, 0) is 57.6 Å². The molecule has 1 atom stereocenters. The lowest BCUT2D eigenvalue weighted by Crippen LogP contribution is -2.31. The molecule has 0 aliphatic heterocycles. The van der Waals surface area contributed by atoms with Crippen LogP contribution in [0.1, 0.15) is 44.9 Å². The summed E-state index contributed by atoms with van der Waals surface area (Å²) in [5.41, 5.74) is 2.45. The van der Waals surface area contributed by atoms with E-state index in [1.165, 1.54) is 5.56 Å². The highest BCUT2D eigenvalue weighted by Gasteiger charge is 2.15. The number of benzene rings is 2. The molecule has 134 valence electrons. The van der Waals surface area contributed by atoms with Crippen LogP contribution in [0.2, 0.25) is 5.02 Å². The van der Waals surface area contributed by atoms with E-state index in [4.69, 9.17) is 16.3 Å². The molecule has 2 aromatic rings. The SMILES string of the molecule is C[C@@H](NC(=O)COc1ccc(Cl)cc1Br)c1ccc(C(C)(C)C)cc1. The fraction of sp³-hybridized carbons (Fsp3) is 0.350. The molecule has 0 unspecified atom stereocenters. The monoisotopic (exact) mass is 423 g/mol. The van der Waals surface area contributed by atoms with E-state index in [-0.39, 0.29) is 24.0 Å². The van der Waals surface area contributed by atoms with Crippen molar-refractivity contribution < 1.29 is 9.53 Å². The number of amides is 1. The van der Waals surface area contributed by atoms with Crippen molar-refractivity contribution in [3.63, 3.8) is 0 Å². The van der Waals surface area contributed by atoms with Gasteiger partial charge in [-0.2, -0.15) is 0 Å². The fourth-order valence-corrected chi connectivity index (χ4v) is 3.17. The first-order chi connectivity index (χ1) is 11.7. The third-order valence-electron chi connectivity index (χ3n) is 3.91. The number of rotatable bonds is 5. The smallest absolute Gasteiger partial charge is 0.258 e. The predicted octanol–water partition coefficient (Wildman–Crippen LogP) is 5.66. The van der Waals surface area contributed by atoms with E-state index in [2.05, 4.69) is 66.3 Å². The average molecular weight is 425 g/mol. The molecule has 0 aliphatic carbocycles. The van der Waals surface area contributed by atoms with Crippen LogP contribution in [0, 0.1) is 0 Å². The molecule has 2 aromatic carbocycles. The molecule has 0 heterocycles. The van der Waals surface area contributed by atoms with Crippen LogP contribution >= 0.6 is 27.5 Å². The molecule has 3 nitrogen and oxygen atoms in total. The third-order valence-corrected chi connectivity index (χ3v) is 4.76. The highest BCUT2D eigenvalue weighted by atomic mass is 79.9. The van der Waals surface area contributed by atoms with Crippen LogP contribution in [0.4, 0.5) is 0 Å². The van der Waals surface area contributed by atoms with Crippen LogP contribution in [0.3, 0.4) is 0 Å². The fourth-order valence-electron chi connectivity index (χ4n) is 2.37. The molecule has 0 saturated heterocycles. The van der Waals surface area contributed by atoms with Gasteiger partial charge in [0, 0.05) is 5.02 Å². The number of ether oxygens (including phenoxy) is 1. The highest BCUT2D eigenvalue weighted by Crippen LogP contribution is 2.28. The summed E-state index contributed by atoms with van der Waals surface area (Å²) in [6.45, 7) is 8.45. The topological polar surface area (TPSA) is 38.3 Å². The molecule has 1 amide bonds. The van der Waals surface area contributed by atoms with Gasteiger partial charge < -0.3 is 10.1 Å². The Balaban J connectivity index is 1.91. The minimum Gasteiger partial charge on any atom is -0.483 e. The van der Waals surface area contributed by atoms with E-state index >= 15 is 0 Å². The quantitative estimate of drug-likeness (QED) is 0.673. The molecule has 1 N–H and O–H groups in total. The predicted molar refractivity (Wildman–Crippen MR) is 106 cm³/mol. The maximum atomic E-state index is 12.1. The number of carbonyl (C=O) groups is 1. The molecule has 0 radical (unpaired) electrons. The molecule has 0 fully saturated rings. The molecular weight excluding hydrogens is 402 g/mol. The van der Waals surface area contributed by atoms with Crippen molar-refractivity contribution in [2.24, 2.45) is 0 Å². The van der Waals surface area contributed by atoms with E-state index in [1.54, 1.807) is 18.2 Å². The van der Waals surface area contributed by atoms with Crippen molar-refractivity contribution in [1.29, 1.82) is 0 Å². The van der Waals surface area contributed by atoms with Gasteiger partial charge in [-0.15, -0.1) is 0 Å². The molecule has 25 heavy (non-hydrogen) atoms. The number of halogens is 2. The van der Waals surface area contributed by atoms with Gasteiger partial charge in [-0.1, -0.05) is 56.6 Å². The summed E-state index contributed by atoms with van der Waals surface area (Å²) >= 11 is 9.26. The largest absolute Gasteiger partial charge is 0.483 e. The summed E-state index contributed by atoms with van der Waals surface area (Å²) in [4.78, 5) is 12.1. The molecule has 0 aliphatic rings. The summed E-state index contributed by atoms with van der Waals surface area (Å²) in [6.07, 6.45) is 0. The first-order valence-electron chi connectivity index (χ1n) is 8.14. The number of hydrogen-bond donors (Lipinski definition) is 1. The van der Waals surface area contributed by atoms with Crippen molar-refractivity contribution in [2.45, 2.75) is 39.2 Å². The Morgan fingerprint density at radius 2 is 1.84 bits per heavy atom. The van der Waals surface area contributed by atoms with Gasteiger partial charge in [-0.25, -0.2) is 0 Å². The van der Waals surface area contributed by atoms with Crippen LogP contribution in [-0.2, 0) is 10.2 Å². The molecule has 0 aromatic heterocycles.